The Hall–Kier alpha value is -2.20. The number of fused-ring (bicyclic) bond motifs is 1. The van der Waals surface area contributed by atoms with Crippen molar-refractivity contribution in [2.24, 2.45) is 5.92 Å². The second kappa shape index (κ2) is 6.96. The summed E-state index contributed by atoms with van der Waals surface area (Å²) in [6.07, 6.45) is 3.78. The molecule has 0 spiro atoms. The van der Waals surface area contributed by atoms with Crippen LogP contribution in [0.1, 0.15) is 20.3 Å². The molecule has 136 valence electrons. The topological polar surface area (TPSA) is 120 Å². The van der Waals surface area contributed by atoms with E-state index in [2.05, 4.69) is 25.6 Å². The number of hydrogen-bond acceptors (Lipinski definition) is 5. The molecule has 3 N–H and O–H groups in total. The molecule has 2 aromatic heterocycles. The minimum atomic E-state index is -3.27. The fourth-order valence-corrected chi connectivity index (χ4v) is 4.70. The van der Waals surface area contributed by atoms with Crippen LogP contribution in [-0.2, 0) is 10.0 Å². The number of rotatable bonds is 5. The number of nitrogens with zero attached hydrogens (tertiary/aromatic N) is 3. The van der Waals surface area contributed by atoms with Crippen LogP contribution in [0.25, 0.3) is 11.2 Å². The molecule has 25 heavy (non-hydrogen) atoms. The van der Waals surface area contributed by atoms with Crippen molar-refractivity contribution in [1.29, 1.82) is 0 Å². The van der Waals surface area contributed by atoms with Gasteiger partial charge in [-0.1, -0.05) is 13.8 Å². The molecular formula is C15H22N6O3S. The molecule has 1 unspecified atom stereocenters. The number of carbonyl (C=O) groups excluding carboxylic acids is 1. The Kier molecular flexibility index (Phi) is 4.91. The first-order valence-corrected chi connectivity index (χ1v) is 9.80. The van der Waals surface area contributed by atoms with Gasteiger partial charge in [0.15, 0.2) is 11.5 Å². The molecule has 2 amide bonds. The number of aromatic nitrogens is 3. The minimum Gasteiger partial charge on any atom is -0.345 e. The predicted molar refractivity (Wildman–Crippen MR) is 94.6 cm³/mol. The number of sulfonamides is 1. The third-order valence-electron chi connectivity index (χ3n) is 3.93. The summed E-state index contributed by atoms with van der Waals surface area (Å²) in [6.45, 7) is 4.47. The first-order valence-electron chi connectivity index (χ1n) is 8.19. The lowest BCUT2D eigenvalue weighted by molar-refractivity contribution is 0.248. The Bertz CT molecular complexity index is 863. The van der Waals surface area contributed by atoms with Crippen LogP contribution in [0.4, 0.5) is 10.6 Å². The lowest BCUT2D eigenvalue weighted by Crippen LogP contribution is -2.41. The standard InChI is InChI=1S/C15H22N6O3S/c1-10(2)9-25(23,24)21-6-4-11(8-21)18-15(22)20-13-7-17-14-12(19-13)3-5-16-14/h3,5,7,10-11H,4,6,8-9H2,1-2H3,(H,16,17)(H2,18,19,20,22). The third kappa shape index (κ3) is 4.26. The zero-order valence-corrected chi connectivity index (χ0v) is 15.0. The summed E-state index contributed by atoms with van der Waals surface area (Å²) in [5.74, 6) is 0.534. The first kappa shape index (κ1) is 17.6. The summed E-state index contributed by atoms with van der Waals surface area (Å²) in [7, 11) is -3.27. The van der Waals surface area contributed by atoms with Gasteiger partial charge in [0.25, 0.3) is 0 Å². The highest BCUT2D eigenvalue weighted by Gasteiger charge is 2.32. The van der Waals surface area contributed by atoms with Crippen LogP contribution in [0.2, 0.25) is 0 Å². The van der Waals surface area contributed by atoms with E-state index in [0.29, 0.717) is 36.5 Å². The van der Waals surface area contributed by atoms with Crippen molar-refractivity contribution in [2.75, 3.05) is 24.2 Å². The first-order chi connectivity index (χ1) is 11.8. The zero-order chi connectivity index (χ0) is 18.0. The van der Waals surface area contributed by atoms with E-state index in [1.165, 1.54) is 10.5 Å². The quantitative estimate of drug-likeness (QED) is 0.733. The predicted octanol–water partition coefficient (Wildman–Crippen LogP) is 1.14. The second-order valence-corrected chi connectivity index (χ2v) is 8.59. The molecule has 0 aromatic carbocycles. The van der Waals surface area contributed by atoms with E-state index in [-0.39, 0.29) is 17.7 Å². The van der Waals surface area contributed by atoms with Crippen LogP contribution >= 0.6 is 0 Å². The Balaban J connectivity index is 1.55. The van der Waals surface area contributed by atoms with Gasteiger partial charge >= 0.3 is 6.03 Å². The van der Waals surface area contributed by atoms with Crippen LogP contribution in [0, 0.1) is 5.92 Å². The maximum Gasteiger partial charge on any atom is 0.320 e. The molecule has 1 aliphatic heterocycles. The van der Waals surface area contributed by atoms with Crippen LogP contribution < -0.4 is 10.6 Å². The molecule has 9 nitrogen and oxygen atoms in total. The molecule has 1 atom stereocenters. The number of urea groups is 1. The SMILES string of the molecule is CC(C)CS(=O)(=O)N1CCC(NC(=O)Nc2cnc3[nH]ccc3n2)C1. The molecule has 3 heterocycles. The van der Waals surface area contributed by atoms with Crippen molar-refractivity contribution in [3.63, 3.8) is 0 Å². The Morgan fingerprint density at radius 1 is 1.48 bits per heavy atom. The largest absolute Gasteiger partial charge is 0.345 e. The fourth-order valence-electron chi connectivity index (χ4n) is 2.85. The Morgan fingerprint density at radius 3 is 3.04 bits per heavy atom. The van der Waals surface area contributed by atoms with Crippen molar-refractivity contribution < 1.29 is 13.2 Å². The van der Waals surface area contributed by atoms with Gasteiger partial charge < -0.3 is 10.3 Å². The van der Waals surface area contributed by atoms with Gasteiger partial charge in [0.1, 0.15) is 5.52 Å². The number of carbonyl (C=O) groups is 1. The second-order valence-electron chi connectivity index (χ2n) is 6.58. The Morgan fingerprint density at radius 2 is 2.28 bits per heavy atom. The van der Waals surface area contributed by atoms with E-state index >= 15 is 0 Å². The summed E-state index contributed by atoms with van der Waals surface area (Å²) in [4.78, 5) is 23.5. The molecular weight excluding hydrogens is 344 g/mol. The summed E-state index contributed by atoms with van der Waals surface area (Å²) in [5.41, 5.74) is 1.30. The summed E-state index contributed by atoms with van der Waals surface area (Å²) < 4.78 is 25.9. The monoisotopic (exact) mass is 366 g/mol. The molecule has 0 aliphatic carbocycles. The molecule has 1 aliphatic rings. The van der Waals surface area contributed by atoms with Gasteiger partial charge in [-0.15, -0.1) is 0 Å². The highest BCUT2D eigenvalue weighted by Crippen LogP contribution is 2.16. The molecule has 3 rings (SSSR count). The zero-order valence-electron chi connectivity index (χ0n) is 14.2. The van der Waals surface area contributed by atoms with E-state index in [0.717, 1.165) is 0 Å². The molecule has 0 bridgehead atoms. The van der Waals surface area contributed by atoms with Crippen molar-refractivity contribution in [2.45, 2.75) is 26.3 Å². The summed E-state index contributed by atoms with van der Waals surface area (Å²) in [6, 6.07) is 1.13. The molecule has 0 saturated carbocycles. The average Bonchev–Trinajstić information content (AvgIpc) is 3.14. The van der Waals surface area contributed by atoms with Gasteiger partial charge in [-0.05, 0) is 18.4 Å². The average molecular weight is 366 g/mol. The van der Waals surface area contributed by atoms with Gasteiger partial charge in [0.05, 0.1) is 11.9 Å². The van der Waals surface area contributed by atoms with Gasteiger partial charge in [-0.2, -0.15) is 4.31 Å². The lowest BCUT2D eigenvalue weighted by atomic mass is 10.3. The number of anilines is 1. The summed E-state index contributed by atoms with van der Waals surface area (Å²) >= 11 is 0. The number of nitrogens with one attached hydrogen (secondary N) is 3. The normalized spacial score (nSPS) is 18.8. The Labute approximate surface area is 146 Å². The van der Waals surface area contributed by atoms with E-state index < -0.39 is 16.1 Å². The van der Waals surface area contributed by atoms with Gasteiger partial charge in [0.2, 0.25) is 10.0 Å². The van der Waals surface area contributed by atoms with Crippen molar-refractivity contribution in [1.82, 2.24) is 24.6 Å². The van der Waals surface area contributed by atoms with Crippen molar-refractivity contribution in [3.05, 3.63) is 18.5 Å². The van der Waals surface area contributed by atoms with E-state index in [1.807, 2.05) is 13.8 Å². The number of hydrogen-bond donors (Lipinski definition) is 3. The number of amides is 2. The molecule has 10 heteroatoms. The van der Waals surface area contributed by atoms with Gasteiger partial charge in [0, 0.05) is 25.3 Å². The van der Waals surface area contributed by atoms with E-state index in [1.54, 1.807) is 12.3 Å². The smallest absolute Gasteiger partial charge is 0.320 e. The number of H-pyrrole nitrogens is 1. The molecule has 2 aromatic rings. The van der Waals surface area contributed by atoms with Crippen LogP contribution in [0.15, 0.2) is 18.5 Å². The molecule has 1 saturated heterocycles. The van der Waals surface area contributed by atoms with Gasteiger partial charge in [-0.25, -0.2) is 23.2 Å². The number of aromatic amines is 1. The maximum absolute atomic E-state index is 12.2. The molecule has 0 radical (unpaired) electrons. The van der Waals surface area contributed by atoms with Crippen molar-refractivity contribution >= 4 is 33.0 Å². The minimum absolute atomic E-state index is 0.0715. The lowest BCUT2D eigenvalue weighted by Gasteiger charge is -2.18. The third-order valence-corrected chi connectivity index (χ3v) is 6.13. The van der Waals surface area contributed by atoms with Crippen LogP contribution in [0.3, 0.4) is 0 Å². The van der Waals surface area contributed by atoms with Gasteiger partial charge in [-0.3, -0.25) is 5.32 Å². The highest BCUT2D eigenvalue weighted by molar-refractivity contribution is 7.89. The maximum atomic E-state index is 12.2. The van der Waals surface area contributed by atoms with Crippen LogP contribution in [-0.4, -0.2) is 58.6 Å². The van der Waals surface area contributed by atoms with Crippen LogP contribution in [0.5, 0.6) is 0 Å². The molecule has 1 fully saturated rings. The highest BCUT2D eigenvalue weighted by atomic mass is 32.2. The van der Waals surface area contributed by atoms with E-state index in [4.69, 9.17) is 0 Å². The fraction of sp³-hybridized carbons (Fsp3) is 0.533. The summed E-state index contributed by atoms with van der Waals surface area (Å²) in [5, 5.41) is 5.42. The van der Waals surface area contributed by atoms with E-state index in [9.17, 15) is 13.2 Å². The van der Waals surface area contributed by atoms with Crippen molar-refractivity contribution in [3.8, 4) is 0 Å².